The number of halogens is 2. The van der Waals surface area contributed by atoms with E-state index in [1.54, 1.807) is 0 Å². The molecule has 2 rings (SSSR count). The van der Waals surface area contributed by atoms with Gasteiger partial charge in [0.2, 0.25) is 11.8 Å². The Morgan fingerprint density at radius 2 is 1.88 bits per heavy atom. The van der Waals surface area contributed by atoms with E-state index in [4.69, 9.17) is 4.74 Å². The SMILES string of the molecule is C[C@H](OC(=O)CCN1C(=O)CCC1=O)C(=O)Nc1ccc(F)cc1F. The van der Waals surface area contributed by atoms with Crippen LogP contribution in [0.25, 0.3) is 0 Å². The maximum atomic E-state index is 13.5. The van der Waals surface area contributed by atoms with Crippen LogP contribution in [-0.4, -0.2) is 41.2 Å². The molecule has 0 spiro atoms. The Kier molecular flexibility index (Phi) is 5.79. The van der Waals surface area contributed by atoms with Crippen LogP contribution in [-0.2, 0) is 23.9 Å². The van der Waals surface area contributed by atoms with Crippen LogP contribution in [0.4, 0.5) is 14.5 Å². The molecule has 0 aliphatic carbocycles. The number of benzene rings is 1. The van der Waals surface area contributed by atoms with Gasteiger partial charge in [0.1, 0.15) is 11.6 Å². The molecule has 9 heteroatoms. The van der Waals surface area contributed by atoms with Gasteiger partial charge in [-0.1, -0.05) is 0 Å². The van der Waals surface area contributed by atoms with E-state index < -0.39 is 29.6 Å². The molecule has 1 fully saturated rings. The normalized spacial score (nSPS) is 15.2. The van der Waals surface area contributed by atoms with Crippen molar-refractivity contribution in [3.8, 4) is 0 Å². The largest absolute Gasteiger partial charge is 0.452 e. The van der Waals surface area contributed by atoms with Gasteiger partial charge in [0.15, 0.2) is 6.10 Å². The van der Waals surface area contributed by atoms with Gasteiger partial charge in [-0.05, 0) is 19.1 Å². The number of hydrogen-bond acceptors (Lipinski definition) is 5. The molecule has 7 nitrogen and oxygen atoms in total. The van der Waals surface area contributed by atoms with Crippen molar-refractivity contribution in [1.29, 1.82) is 0 Å². The Balaban J connectivity index is 1.82. The summed E-state index contributed by atoms with van der Waals surface area (Å²) in [6, 6.07) is 2.62. The summed E-state index contributed by atoms with van der Waals surface area (Å²) in [5.41, 5.74) is -0.248. The highest BCUT2D eigenvalue weighted by molar-refractivity contribution is 6.02. The van der Waals surface area contributed by atoms with Crippen LogP contribution in [0.15, 0.2) is 18.2 Å². The molecule has 3 amide bonds. The summed E-state index contributed by atoms with van der Waals surface area (Å²) in [5, 5.41) is 2.18. The molecule has 1 aliphatic heterocycles. The predicted octanol–water partition coefficient (Wildman–Crippen LogP) is 1.37. The summed E-state index contributed by atoms with van der Waals surface area (Å²) in [7, 11) is 0. The number of hydrogen-bond donors (Lipinski definition) is 1. The first-order valence-corrected chi connectivity index (χ1v) is 7.56. The quantitative estimate of drug-likeness (QED) is 0.615. The zero-order chi connectivity index (χ0) is 18.6. The molecule has 1 N–H and O–H groups in total. The lowest BCUT2D eigenvalue weighted by Crippen LogP contribution is -2.34. The average Bonchev–Trinajstić information content (AvgIpc) is 2.86. The monoisotopic (exact) mass is 354 g/mol. The molecule has 1 aliphatic rings. The lowest BCUT2D eigenvalue weighted by molar-refractivity contribution is -0.154. The molecule has 1 atom stereocenters. The molecule has 0 bridgehead atoms. The second-order valence-electron chi connectivity index (χ2n) is 5.43. The van der Waals surface area contributed by atoms with E-state index in [0.717, 1.165) is 17.0 Å². The second kappa shape index (κ2) is 7.82. The van der Waals surface area contributed by atoms with Crippen LogP contribution >= 0.6 is 0 Å². The number of nitrogens with zero attached hydrogens (tertiary/aromatic N) is 1. The summed E-state index contributed by atoms with van der Waals surface area (Å²) in [6.07, 6.45) is -1.24. The maximum Gasteiger partial charge on any atom is 0.308 e. The molecule has 1 heterocycles. The maximum absolute atomic E-state index is 13.5. The zero-order valence-corrected chi connectivity index (χ0v) is 13.4. The third-order valence-electron chi connectivity index (χ3n) is 3.56. The molecule has 0 aromatic heterocycles. The summed E-state index contributed by atoms with van der Waals surface area (Å²) >= 11 is 0. The minimum atomic E-state index is -1.23. The zero-order valence-electron chi connectivity index (χ0n) is 13.4. The van der Waals surface area contributed by atoms with E-state index in [1.807, 2.05) is 0 Å². The first-order valence-electron chi connectivity index (χ1n) is 7.56. The van der Waals surface area contributed by atoms with Crippen molar-refractivity contribution in [2.24, 2.45) is 0 Å². The van der Waals surface area contributed by atoms with Gasteiger partial charge in [-0.3, -0.25) is 24.1 Å². The fraction of sp³-hybridized carbons (Fsp3) is 0.375. The number of imide groups is 1. The summed E-state index contributed by atoms with van der Waals surface area (Å²) in [6.45, 7) is 1.16. The number of likely N-dealkylation sites (tertiary alicyclic amines) is 1. The van der Waals surface area contributed by atoms with Crippen molar-refractivity contribution in [2.45, 2.75) is 32.3 Å². The number of carbonyl (C=O) groups excluding carboxylic acids is 4. The van der Waals surface area contributed by atoms with E-state index in [1.165, 1.54) is 6.92 Å². The molecule has 1 saturated heterocycles. The van der Waals surface area contributed by atoms with Gasteiger partial charge in [-0.25, -0.2) is 8.78 Å². The van der Waals surface area contributed by atoms with Gasteiger partial charge in [0.05, 0.1) is 12.1 Å². The molecule has 134 valence electrons. The lowest BCUT2D eigenvalue weighted by atomic mass is 10.2. The summed E-state index contributed by atoms with van der Waals surface area (Å²) in [4.78, 5) is 47.4. The Hall–Kier alpha value is -2.84. The topological polar surface area (TPSA) is 92.8 Å². The van der Waals surface area contributed by atoms with E-state index >= 15 is 0 Å². The van der Waals surface area contributed by atoms with Crippen LogP contribution in [0.2, 0.25) is 0 Å². The fourth-order valence-corrected chi connectivity index (χ4v) is 2.21. The van der Waals surface area contributed by atoms with Gasteiger partial charge >= 0.3 is 5.97 Å². The minimum Gasteiger partial charge on any atom is -0.452 e. The van der Waals surface area contributed by atoms with Crippen LogP contribution in [0.5, 0.6) is 0 Å². The Morgan fingerprint density at radius 1 is 1.24 bits per heavy atom. The lowest BCUT2D eigenvalue weighted by Gasteiger charge is -2.16. The van der Waals surface area contributed by atoms with E-state index in [0.29, 0.717) is 6.07 Å². The van der Waals surface area contributed by atoms with Crippen LogP contribution in [0.1, 0.15) is 26.2 Å². The number of anilines is 1. The van der Waals surface area contributed by atoms with E-state index in [-0.39, 0.29) is 43.3 Å². The Bertz CT molecular complexity index is 706. The van der Waals surface area contributed by atoms with Gasteiger partial charge < -0.3 is 10.1 Å². The number of rotatable bonds is 6. The van der Waals surface area contributed by atoms with Crippen molar-refractivity contribution in [1.82, 2.24) is 4.90 Å². The molecule has 0 unspecified atom stereocenters. The third kappa shape index (κ3) is 4.82. The van der Waals surface area contributed by atoms with Crippen molar-refractivity contribution in [3.05, 3.63) is 29.8 Å². The fourth-order valence-electron chi connectivity index (χ4n) is 2.21. The highest BCUT2D eigenvalue weighted by atomic mass is 19.1. The molecule has 0 saturated carbocycles. The number of amides is 3. The standard InChI is InChI=1S/C16H16F2N2O5/c1-9(16(24)19-12-3-2-10(17)8-11(12)18)25-15(23)6-7-20-13(21)4-5-14(20)22/h2-3,8-9H,4-7H2,1H3,(H,19,24)/t9-/m0/s1. The van der Waals surface area contributed by atoms with Crippen LogP contribution in [0.3, 0.4) is 0 Å². The summed E-state index contributed by atoms with van der Waals surface area (Å²) < 4.78 is 31.2. The van der Waals surface area contributed by atoms with Crippen LogP contribution < -0.4 is 5.32 Å². The second-order valence-corrected chi connectivity index (χ2v) is 5.43. The number of carbonyl (C=O) groups is 4. The molecule has 0 radical (unpaired) electrons. The third-order valence-corrected chi connectivity index (χ3v) is 3.56. The highest BCUT2D eigenvalue weighted by Gasteiger charge is 2.29. The first-order chi connectivity index (χ1) is 11.8. The molecular formula is C16H16F2N2O5. The van der Waals surface area contributed by atoms with E-state index in [2.05, 4.69) is 5.32 Å². The molecule has 1 aromatic rings. The first kappa shape index (κ1) is 18.5. The van der Waals surface area contributed by atoms with Crippen LogP contribution in [0, 0.1) is 11.6 Å². The Labute approximate surface area is 141 Å². The Morgan fingerprint density at radius 3 is 2.48 bits per heavy atom. The smallest absolute Gasteiger partial charge is 0.308 e. The number of nitrogens with one attached hydrogen (secondary N) is 1. The molecular weight excluding hydrogens is 338 g/mol. The van der Waals surface area contributed by atoms with Crippen molar-refractivity contribution in [3.63, 3.8) is 0 Å². The summed E-state index contributed by atoms with van der Waals surface area (Å²) in [5.74, 6) is -4.04. The van der Waals surface area contributed by atoms with Gasteiger partial charge in [0.25, 0.3) is 5.91 Å². The number of ether oxygens (including phenoxy) is 1. The average molecular weight is 354 g/mol. The number of esters is 1. The highest BCUT2D eigenvalue weighted by Crippen LogP contribution is 2.16. The van der Waals surface area contributed by atoms with Crippen molar-refractivity contribution < 1.29 is 32.7 Å². The molecule has 25 heavy (non-hydrogen) atoms. The molecule has 1 aromatic carbocycles. The van der Waals surface area contributed by atoms with E-state index in [9.17, 15) is 28.0 Å². The van der Waals surface area contributed by atoms with Crippen molar-refractivity contribution in [2.75, 3.05) is 11.9 Å². The predicted molar refractivity (Wildman–Crippen MR) is 81.1 cm³/mol. The van der Waals surface area contributed by atoms with Gasteiger partial charge in [-0.15, -0.1) is 0 Å². The minimum absolute atomic E-state index is 0.114. The van der Waals surface area contributed by atoms with Gasteiger partial charge in [0, 0.05) is 25.5 Å². The van der Waals surface area contributed by atoms with Crippen molar-refractivity contribution >= 4 is 29.4 Å². The van der Waals surface area contributed by atoms with Gasteiger partial charge in [-0.2, -0.15) is 0 Å².